The summed E-state index contributed by atoms with van der Waals surface area (Å²) in [7, 11) is 0. The van der Waals surface area contributed by atoms with Crippen molar-refractivity contribution >= 4 is 0 Å². The molecule has 0 N–H and O–H groups in total. The van der Waals surface area contributed by atoms with Gasteiger partial charge in [0.2, 0.25) is 0 Å². The molecule has 3 heteroatoms. The molecule has 2 heterocycles. The second-order valence-corrected chi connectivity index (χ2v) is 3.90. The number of benzene rings is 1. The fraction of sp³-hybridized carbons (Fsp3) is 0. The minimum Gasteiger partial charge on any atom is -0.521 e. The van der Waals surface area contributed by atoms with Gasteiger partial charge in [0.1, 0.15) is 0 Å². The summed E-state index contributed by atoms with van der Waals surface area (Å²) < 4.78 is 0. The predicted molar refractivity (Wildman–Crippen MR) is 81.7 cm³/mol. The third-order valence-corrected chi connectivity index (χ3v) is 2.66. The first-order chi connectivity index (χ1) is 9.93. The van der Waals surface area contributed by atoms with Crippen LogP contribution in [-0.2, 0) is 16.5 Å². The van der Waals surface area contributed by atoms with Crippen molar-refractivity contribution in [1.82, 2.24) is 9.97 Å². The number of aromatic nitrogens is 2. The molecule has 0 spiro atoms. The standard InChI is InChI=1S/C16H11N2.C2H3.Ni/c1-2-7-13(8-3-1)14-10-6-11-16(18-14)15-9-4-5-12-17-15;1-2;/h1-7,9-12H;1H,2H2;/q2*-1;+2. The minimum atomic E-state index is 0. The van der Waals surface area contributed by atoms with E-state index in [2.05, 4.69) is 29.2 Å². The summed E-state index contributed by atoms with van der Waals surface area (Å²) in [5.41, 5.74) is 3.68. The van der Waals surface area contributed by atoms with Gasteiger partial charge >= 0.3 is 16.5 Å². The van der Waals surface area contributed by atoms with Crippen LogP contribution in [-0.4, -0.2) is 9.97 Å². The zero-order valence-corrected chi connectivity index (χ0v) is 12.3. The Morgan fingerprint density at radius 2 is 1.52 bits per heavy atom. The zero-order valence-electron chi connectivity index (χ0n) is 11.3. The second kappa shape index (κ2) is 8.83. The van der Waals surface area contributed by atoms with E-state index >= 15 is 0 Å². The van der Waals surface area contributed by atoms with Crippen molar-refractivity contribution in [3.63, 3.8) is 0 Å². The van der Waals surface area contributed by atoms with Crippen LogP contribution in [0.5, 0.6) is 0 Å². The molecule has 0 saturated carbocycles. The van der Waals surface area contributed by atoms with Gasteiger partial charge < -0.3 is 6.58 Å². The molecule has 0 unspecified atom stereocenters. The molecule has 0 atom stereocenters. The Balaban J connectivity index is 0.000000706. The van der Waals surface area contributed by atoms with Gasteiger partial charge in [-0.1, -0.05) is 18.2 Å². The third-order valence-electron chi connectivity index (χ3n) is 2.66. The SMILES string of the molecule is [CH-]=C.[Ni+2].[c-]1ccccc1-c1cccc(-c2ccccn2)n1. The maximum absolute atomic E-state index is 4.62. The molecule has 21 heavy (non-hydrogen) atoms. The molecule has 0 amide bonds. The molecule has 0 aliphatic carbocycles. The molecule has 3 rings (SSSR count). The van der Waals surface area contributed by atoms with Crippen LogP contribution >= 0.6 is 0 Å². The summed E-state index contributed by atoms with van der Waals surface area (Å²) in [5.74, 6) is 0. The molecule has 2 aromatic heterocycles. The van der Waals surface area contributed by atoms with Crippen LogP contribution in [0.4, 0.5) is 0 Å². The van der Waals surface area contributed by atoms with Crippen LogP contribution in [0.2, 0.25) is 0 Å². The molecule has 0 bridgehead atoms. The van der Waals surface area contributed by atoms with Crippen LogP contribution in [0.15, 0.2) is 73.4 Å². The Kier molecular flexibility index (Phi) is 7.07. The average Bonchev–Trinajstić information content (AvgIpc) is 2.58. The molecule has 0 fully saturated rings. The largest absolute Gasteiger partial charge is 2.00 e. The first-order valence-electron chi connectivity index (χ1n) is 6.20. The van der Waals surface area contributed by atoms with E-state index in [4.69, 9.17) is 0 Å². The molecule has 3 aromatic rings. The van der Waals surface area contributed by atoms with Crippen LogP contribution in [0.3, 0.4) is 0 Å². The minimum absolute atomic E-state index is 0. The van der Waals surface area contributed by atoms with Gasteiger partial charge in [0.15, 0.2) is 0 Å². The van der Waals surface area contributed by atoms with Gasteiger partial charge in [0, 0.05) is 6.20 Å². The average molecular weight is 317 g/mol. The second-order valence-electron chi connectivity index (χ2n) is 3.90. The first-order valence-corrected chi connectivity index (χ1v) is 6.20. The Labute approximate surface area is 135 Å². The summed E-state index contributed by atoms with van der Waals surface area (Å²) in [5, 5.41) is 0. The van der Waals surface area contributed by atoms with E-state index in [1.54, 1.807) is 6.20 Å². The normalized spacial score (nSPS) is 8.95. The molecule has 1 aromatic carbocycles. The molecule has 0 aliphatic heterocycles. The molecule has 2 nitrogen and oxygen atoms in total. The summed E-state index contributed by atoms with van der Waals surface area (Å²) in [4.78, 5) is 8.93. The fourth-order valence-electron chi connectivity index (χ4n) is 1.79. The van der Waals surface area contributed by atoms with Crippen molar-refractivity contribution in [1.29, 1.82) is 0 Å². The van der Waals surface area contributed by atoms with Crippen LogP contribution in [0.1, 0.15) is 0 Å². The summed E-state index contributed by atoms with van der Waals surface area (Å²) >= 11 is 0. The summed E-state index contributed by atoms with van der Waals surface area (Å²) in [6.45, 7) is 7.00. The molecule has 106 valence electrons. The van der Waals surface area contributed by atoms with E-state index in [1.165, 1.54) is 0 Å². The van der Waals surface area contributed by atoms with Gasteiger partial charge in [0.05, 0.1) is 11.4 Å². The smallest absolute Gasteiger partial charge is 0.521 e. The third kappa shape index (κ3) is 4.37. The van der Waals surface area contributed by atoms with Crippen molar-refractivity contribution in [3.05, 3.63) is 86.1 Å². The quantitative estimate of drug-likeness (QED) is 0.522. The Bertz CT molecular complexity index is 600. The topological polar surface area (TPSA) is 25.8 Å². The van der Waals surface area contributed by atoms with E-state index in [0.717, 1.165) is 22.6 Å². The fourth-order valence-corrected chi connectivity index (χ4v) is 1.79. The van der Waals surface area contributed by atoms with Gasteiger partial charge in [-0.3, -0.25) is 16.5 Å². The van der Waals surface area contributed by atoms with Gasteiger partial charge in [-0.05, 0) is 23.9 Å². The van der Waals surface area contributed by atoms with Crippen molar-refractivity contribution in [2.45, 2.75) is 0 Å². The number of rotatable bonds is 2. The van der Waals surface area contributed by atoms with Gasteiger partial charge in [0.25, 0.3) is 0 Å². The molecular formula is C18H14N2Ni. The number of hydrogen-bond donors (Lipinski definition) is 0. The van der Waals surface area contributed by atoms with Gasteiger partial charge in [-0.15, -0.1) is 35.9 Å². The zero-order chi connectivity index (χ0) is 14.2. The van der Waals surface area contributed by atoms with Crippen molar-refractivity contribution in [2.75, 3.05) is 0 Å². The van der Waals surface area contributed by atoms with E-state index in [-0.39, 0.29) is 16.5 Å². The van der Waals surface area contributed by atoms with E-state index in [9.17, 15) is 0 Å². The van der Waals surface area contributed by atoms with Crippen molar-refractivity contribution < 1.29 is 16.5 Å². The molecular weight excluding hydrogens is 303 g/mol. The number of hydrogen-bond acceptors (Lipinski definition) is 2. The van der Waals surface area contributed by atoms with Crippen molar-refractivity contribution in [3.8, 4) is 22.6 Å². The maximum Gasteiger partial charge on any atom is 2.00 e. The number of nitrogens with zero attached hydrogens (tertiary/aromatic N) is 2. The Morgan fingerprint density at radius 1 is 0.810 bits per heavy atom. The number of pyridine rings is 2. The summed E-state index contributed by atoms with van der Waals surface area (Å²) in [6.07, 6.45) is 1.78. The van der Waals surface area contributed by atoms with Crippen LogP contribution < -0.4 is 0 Å². The monoisotopic (exact) mass is 316 g/mol. The molecule has 0 radical (unpaired) electrons. The van der Waals surface area contributed by atoms with E-state index < -0.39 is 0 Å². The van der Waals surface area contributed by atoms with Crippen LogP contribution in [0.25, 0.3) is 22.6 Å². The first kappa shape index (κ1) is 16.8. The summed E-state index contributed by atoms with van der Waals surface area (Å²) in [6, 6.07) is 22.8. The van der Waals surface area contributed by atoms with Crippen LogP contribution in [0, 0.1) is 12.6 Å². The van der Waals surface area contributed by atoms with E-state index in [1.807, 2.05) is 60.7 Å². The van der Waals surface area contributed by atoms with Gasteiger partial charge in [-0.2, -0.15) is 0 Å². The molecule has 0 aliphatic rings. The Hall–Kier alpha value is -2.25. The van der Waals surface area contributed by atoms with Gasteiger partial charge in [-0.25, -0.2) is 0 Å². The molecule has 0 saturated heterocycles. The maximum atomic E-state index is 4.62. The predicted octanol–water partition coefficient (Wildman–Crippen LogP) is 4.21. The van der Waals surface area contributed by atoms with E-state index in [0.29, 0.717) is 0 Å². The Morgan fingerprint density at radius 3 is 2.19 bits per heavy atom. The van der Waals surface area contributed by atoms with Crippen molar-refractivity contribution in [2.24, 2.45) is 0 Å².